The van der Waals surface area contributed by atoms with Gasteiger partial charge in [-0.2, -0.15) is 4.37 Å². The molecule has 0 radical (unpaired) electrons. The fourth-order valence-corrected chi connectivity index (χ4v) is 4.94. The van der Waals surface area contributed by atoms with Crippen molar-refractivity contribution in [2.75, 3.05) is 33.2 Å². The van der Waals surface area contributed by atoms with Crippen LogP contribution in [0.2, 0.25) is 0 Å². The Bertz CT molecular complexity index is 868. The van der Waals surface area contributed by atoms with Gasteiger partial charge >= 0.3 is 0 Å². The summed E-state index contributed by atoms with van der Waals surface area (Å²) in [5.74, 6) is -0.0506. The van der Waals surface area contributed by atoms with Crippen molar-refractivity contribution in [2.45, 2.75) is 26.8 Å². The van der Waals surface area contributed by atoms with Crippen LogP contribution in [-0.2, 0) is 11.3 Å². The van der Waals surface area contributed by atoms with Gasteiger partial charge < -0.3 is 10.2 Å². The predicted molar refractivity (Wildman–Crippen MR) is 120 cm³/mol. The summed E-state index contributed by atoms with van der Waals surface area (Å²) < 4.78 is 5.51. The van der Waals surface area contributed by atoms with E-state index < -0.39 is 0 Å². The Morgan fingerprint density at radius 2 is 2.14 bits per heavy atom. The molecule has 1 aromatic heterocycles. The average molecular weight is 418 g/mol. The maximum absolute atomic E-state index is 11.4. The van der Waals surface area contributed by atoms with E-state index in [0.717, 1.165) is 49.3 Å². The number of aliphatic imine (C=N–C) groups is 1. The van der Waals surface area contributed by atoms with Crippen LogP contribution in [0.1, 0.15) is 25.8 Å². The Labute approximate surface area is 174 Å². The molecule has 3 rings (SSSR count). The summed E-state index contributed by atoms with van der Waals surface area (Å²) in [5.41, 5.74) is 1.34. The first-order valence-corrected chi connectivity index (χ1v) is 11.1. The Kier molecular flexibility index (Phi) is 7.47. The van der Waals surface area contributed by atoms with E-state index in [0.29, 0.717) is 0 Å². The minimum atomic E-state index is -0.0506. The lowest BCUT2D eigenvalue weighted by atomic mass is 10.1. The fraction of sp³-hybridized carbons (Fsp3) is 0.450. The van der Waals surface area contributed by atoms with E-state index in [2.05, 4.69) is 49.6 Å². The molecular formula is C20H27N5OS2. The van der Waals surface area contributed by atoms with Gasteiger partial charge in [0.15, 0.2) is 5.17 Å². The highest BCUT2D eigenvalue weighted by atomic mass is 32.2. The summed E-state index contributed by atoms with van der Waals surface area (Å²) in [5, 5.41) is 5.93. The third kappa shape index (κ3) is 5.56. The lowest BCUT2D eigenvalue weighted by Gasteiger charge is -2.36. The molecule has 150 valence electrons. The first-order chi connectivity index (χ1) is 13.6. The molecular weight excluding hydrogens is 390 g/mol. The second-order valence-electron chi connectivity index (χ2n) is 6.73. The van der Waals surface area contributed by atoms with Crippen molar-refractivity contribution < 1.29 is 4.79 Å². The van der Waals surface area contributed by atoms with E-state index in [1.54, 1.807) is 11.5 Å². The summed E-state index contributed by atoms with van der Waals surface area (Å²) in [4.78, 5) is 20.7. The smallest absolute Gasteiger partial charge is 0.221 e. The van der Waals surface area contributed by atoms with E-state index >= 15 is 0 Å². The number of rotatable bonds is 5. The topological polar surface area (TPSA) is 60.8 Å². The van der Waals surface area contributed by atoms with Crippen molar-refractivity contribution >= 4 is 44.5 Å². The maximum atomic E-state index is 11.4. The number of thioether (sulfide) groups is 1. The van der Waals surface area contributed by atoms with Crippen molar-refractivity contribution in [1.29, 1.82) is 0 Å². The van der Waals surface area contributed by atoms with Gasteiger partial charge in [0.1, 0.15) is 0 Å². The molecule has 28 heavy (non-hydrogen) atoms. The van der Waals surface area contributed by atoms with Crippen LogP contribution in [0.3, 0.4) is 0 Å². The molecule has 0 bridgehead atoms. The largest absolute Gasteiger partial charge is 0.349 e. The second kappa shape index (κ2) is 10.0. The Hall–Kier alpha value is -1.90. The highest BCUT2D eigenvalue weighted by molar-refractivity contribution is 8.17. The standard InChI is InChI=1S/C20H27N5OS2/c1-4-5-19(23-15(2)26)27-20(21-3)25-10-8-24(9-11-25)14-16-6-7-17-13-22-28-18(17)12-16/h5-7,12-13H,4,8-11,14H2,1-3H3,(H,23,26)/b19-5-,21-20-. The molecule has 6 nitrogen and oxygen atoms in total. The number of aromatic nitrogens is 1. The summed E-state index contributed by atoms with van der Waals surface area (Å²) in [6.45, 7) is 8.41. The van der Waals surface area contributed by atoms with Gasteiger partial charge in [-0.15, -0.1) is 0 Å². The number of carbonyl (C=O) groups excluding carboxylic acids is 1. The lowest BCUT2D eigenvalue weighted by molar-refractivity contribution is -0.118. The summed E-state index contributed by atoms with van der Waals surface area (Å²) in [6, 6.07) is 6.61. The number of nitrogens with zero attached hydrogens (tertiary/aromatic N) is 4. The number of amides is 1. The number of amidine groups is 1. The van der Waals surface area contributed by atoms with E-state index in [9.17, 15) is 4.79 Å². The highest BCUT2D eigenvalue weighted by Gasteiger charge is 2.21. The zero-order valence-electron chi connectivity index (χ0n) is 16.6. The number of allylic oxidation sites excluding steroid dienone is 1. The Morgan fingerprint density at radius 3 is 2.82 bits per heavy atom. The van der Waals surface area contributed by atoms with Gasteiger partial charge in [0, 0.05) is 58.3 Å². The number of nitrogens with one attached hydrogen (secondary N) is 1. The van der Waals surface area contributed by atoms with E-state index in [1.807, 2.05) is 19.3 Å². The van der Waals surface area contributed by atoms with Crippen LogP contribution in [0.4, 0.5) is 0 Å². The molecule has 0 saturated carbocycles. The van der Waals surface area contributed by atoms with Crippen LogP contribution in [0.15, 0.2) is 40.5 Å². The first-order valence-electron chi connectivity index (χ1n) is 9.52. The summed E-state index contributed by atoms with van der Waals surface area (Å²) in [7, 11) is 1.82. The molecule has 2 heterocycles. The van der Waals surface area contributed by atoms with Crippen molar-refractivity contribution in [3.8, 4) is 0 Å². The molecule has 1 aliphatic rings. The number of fused-ring (bicyclic) bond motifs is 1. The van der Waals surface area contributed by atoms with Gasteiger partial charge in [-0.1, -0.05) is 25.1 Å². The predicted octanol–water partition coefficient (Wildman–Crippen LogP) is 3.52. The third-order valence-corrected chi connectivity index (χ3v) is 6.42. The first kappa shape index (κ1) is 20.8. The van der Waals surface area contributed by atoms with Crippen molar-refractivity contribution in [3.05, 3.63) is 41.1 Å². The van der Waals surface area contributed by atoms with Crippen LogP contribution in [0.25, 0.3) is 10.1 Å². The van der Waals surface area contributed by atoms with Gasteiger partial charge in [0.25, 0.3) is 0 Å². The van der Waals surface area contributed by atoms with Crippen LogP contribution in [0.5, 0.6) is 0 Å². The molecule has 0 spiro atoms. The van der Waals surface area contributed by atoms with Crippen LogP contribution >= 0.6 is 23.3 Å². The molecule has 1 saturated heterocycles. The molecule has 2 aromatic rings. The minimum absolute atomic E-state index is 0.0506. The molecule has 8 heteroatoms. The summed E-state index contributed by atoms with van der Waals surface area (Å²) in [6.07, 6.45) is 4.83. The number of hydrogen-bond acceptors (Lipinski definition) is 6. The summed E-state index contributed by atoms with van der Waals surface area (Å²) >= 11 is 3.09. The molecule has 1 aromatic carbocycles. The normalized spacial score (nSPS) is 16.6. The number of piperazine rings is 1. The Morgan fingerprint density at radius 1 is 1.36 bits per heavy atom. The Balaban J connectivity index is 1.55. The fourth-order valence-electron chi connectivity index (χ4n) is 3.19. The van der Waals surface area contributed by atoms with Crippen LogP contribution in [0, 0.1) is 0 Å². The minimum Gasteiger partial charge on any atom is -0.349 e. The van der Waals surface area contributed by atoms with E-state index in [1.165, 1.54) is 34.3 Å². The molecule has 1 aliphatic heterocycles. The van der Waals surface area contributed by atoms with Gasteiger partial charge in [0.2, 0.25) is 5.91 Å². The van der Waals surface area contributed by atoms with Crippen molar-refractivity contribution in [3.63, 3.8) is 0 Å². The molecule has 0 unspecified atom stereocenters. The SMILES string of the molecule is CC/C=C(/NC(C)=O)S/C(=N\C)N1CCN(Cc2ccc3cnsc3c2)CC1. The van der Waals surface area contributed by atoms with Crippen LogP contribution < -0.4 is 5.32 Å². The average Bonchev–Trinajstić information content (AvgIpc) is 3.14. The zero-order valence-corrected chi connectivity index (χ0v) is 18.3. The molecule has 1 fully saturated rings. The highest BCUT2D eigenvalue weighted by Crippen LogP contribution is 2.22. The quantitative estimate of drug-likeness (QED) is 0.596. The van der Waals surface area contributed by atoms with E-state index in [4.69, 9.17) is 0 Å². The van der Waals surface area contributed by atoms with Crippen molar-refractivity contribution in [1.82, 2.24) is 19.5 Å². The molecule has 0 aliphatic carbocycles. The number of carbonyl (C=O) groups is 1. The van der Waals surface area contributed by atoms with Gasteiger partial charge in [0.05, 0.1) is 9.73 Å². The zero-order chi connectivity index (χ0) is 19.9. The molecule has 1 amide bonds. The van der Waals surface area contributed by atoms with Crippen LogP contribution in [-0.4, -0.2) is 58.5 Å². The van der Waals surface area contributed by atoms with E-state index in [-0.39, 0.29) is 5.91 Å². The van der Waals surface area contributed by atoms with Crippen molar-refractivity contribution in [2.24, 2.45) is 4.99 Å². The van der Waals surface area contributed by atoms with Gasteiger partial charge in [-0.25, -0.2) is 0 Å². The lowest BCUT2D eigenvalue weighted by Crippen LogP contribution is -2.47. The third-order valence-electron chi connectivity index (χ3n) is 4.55. The van der Waals surface area contributed by atoms with Gasteiger partial charge in [-0.05, 0) is 41.3 Å². The number of hydrogen-bond donors (Lipinski definition) is 1. The second-order valence-corrected chi connectivity index (χ2v) is 8.57. The van der Waals surface area contributed by atoms with Gasteiger partial charge in [-0.3, -0.25) is 14.7 Å². The molecule has 0 atom stereocenters. The monoisotopic (exact) mass is 417 g/mol. The maximum Gasteiger partial charge on any atom is 0.221 e. The number of benzene rings is 1. The molecule has 1 N–H and O–H groups in total.